The summed E-state index contributed by atoms with van der Waals surface area (Å²) in [4.78, 5) is 20.4. The lowest BCUT2D eigenvalue weighted by molar-refractivity contribution is 0.0526. The summed E-state index contributed by atoms with van der Waals surface area (Å²) in [6.45, 7) is 6.11. The number of carbonyl (C=O) groups is 1. The minimum absolute atomic E-state index is 0.344. The SMILES string of the molecule is CCOC(=O)c1ccc(Nc2nccc(Nc3c(C)cc(C)cc3Cl)n2)cc1. The van der Waals surface area contributed by atoms with Gasteiger partial charge in [-0.1, -0.05) is 17.7 Å². The molecule has 2 N–H and O–H groups in total. The number of esters is 1. The number of carbonyl (C=O) groups excluding carboxylic acids is 1. The lowest BCUT2D eigenvalue weighted by atomic mass is 10.1. The van der Waals surface area contributed by atoms with Crippen LogP contribution in [0.4, 0.5) is 23.1 Å². The number of halogens is 1. The zero-order valence-corrected chi connectivity index (χ0v) is 16.7. The first-order valence-corrected chi connectivity index (χ1v) is 9.25. The van der Waals surface area contributed by atoms with Crippen molar-refractivity contribution in [2.75, 3.05) is 17.2 Å². The first kappa shape index (κ1) is 19.6. The van der Waals surface area contributed by atoms with Crippen LogP contribution >= 0.6 is 11.6 Å². The fourth-order valence-electron chi connectivity index (χ4n) is 2.72. The first-order chi connectivity index (χ1) is 13.5. The minimum Gasteiger partial charge on any atom is -0.462 e. The Morgan fingerprint density at radius 3 is 2.54 bits per heavy atom. The summed E-state index contributed by atoms with van der Waals surface area (Å²) in [6, 6.07) is 12.7. The fourth-order valence-corrected chi connectivity index (χ4v) is 3.09. The lowest BCUT2D eigenvalue weighted by Gasteiger charge is -2.13. The van der Waals surface area contributed by atoms with E-state index in [1.54, 1.807) is 43.5 Å². The van der Waals surface area contributed by atoms with Crippen LogP contribution in [-0.4, -0.2) is 22.5 Å². The van der Waals surface area contributed by atoms with E-state index in [1.807, 2.05) is 19.9 Å². The number of ether oxygens (including phenoxy) is 1. The Balaban J connectivity index is 1.74. The summed E-state index contributed by atoms with van der Waals surface area (Å²) >= 11 is 6.36. The zero-order chi connectivity index (χ0) is 20.1. The van der Waals surface area contributed by atoms with Crippen LogP contribution in [0.2, 0.25) is 5.02 Å². The highest BCUT2D eigenvalue weighted by atomic mass is 35.5. The molecule has 0 amide bonds. The molecule has 0 spiro atoms. The second-order valence-electron chi connectivity index (χ2n) is 6.25. The highest BCUT2D eigenvalue weighted by Crippen LogP contribution is 2.30. The monoisotopic (exact) mass is 396 g/mol. The number of benzene rings is 2. The smallest absolute Gasteiger partial charge is 0.338 e. The Morgan fingerprint density at radius 2 is 1.86 bits per heavy atom. The normalized spacial score (nSPS) is 10.4. The van der Waals surface area contributed by atoms with Crippen molar-refractivity contribution in [2.45, 2.75) is 20.8 Å². The van der Waals surface area contributed by atoms with Gasteiger partial charge in [0.1, 0.15) is 5.82 Å². The van der Waals surface area contributed by atoms with E-state index in [2.05, 4.69) is 26.7 Å². The predicted molar refractivity (Wildman–Crippen MR) is 112 cm³/mol. The van der Waals surface area contributed by atoms with Crippen LogP contribution in [-0.2, 0) is 4.74 Å². The van der Waals surface area contributed by atoms with Gasteiger partial charge >= 0.3 is 5.97 Å². The van der Waals surface area contributed by atoms with E-state index >= 15 is 0 Å². The van der Waals surface area contributed by atoms with E-state index in [9.17, 15) is 4.79 Å². The Bertz CT molecular complexity index is 967. The van der Waals surface area contributed by atoms with Crippen molar-refractivity contribution in [3.8, 4) is 0 Å². The minimum atomic E-state index is -0.346. The van der Waals surface area contributed by atoms with E-state index in [4.69, 9.17) is 16.3 Å². The Morgan fingerprint density at radius 1 is 1.11 bits per heavy atom. The van der Waals surface area contributed by atoms with Gasteiger partial charge < -0.3 is 15.4 Å². The van der Waals surface area contributed by atoms with Gasteiger partial charge in [0.05, 0.1) is 22.9 Å². The molecule has 2 aromatic carbocycles. The van der Waals surface area contributed by atoms with Crippen molar-refractivity contribution in [3.05, 3.63) is 70.4 Å². The summed E-state index contributed by atoms with van der Waals surface area (Å²) in [7, 11) is 0. The Labute approximate surface area is 168 Å². The topological polar surface area (TPSA) is 76.1 Å². The molecular weight excluding hydrogens is 376 g/mol. The van der Waals surface area contributed by atoms with Crippen molar-refractivity contribution >= 4 is 40.7 Å². The molecule has 1 aromatic heterocycles. The van der Waals surface area contributed by atoms with Gasteiger partial charge in [0.25, 0.3) is 0 Å². The summed E-state index contributed by atoms with van der Waals surface area (Å²) < 4.78 is 4.98. The number of hydrogen-bond acceptors (Lipinski definition) is 6. The molecule has 0 unspecified atom stereocenters. The summed E-state index contributed by atoms with van der Waals surface area (Å²) in [6.07, 6.45) is 1.65. The number of aromatic nitrogens is 2. The van der Waals surface area contributed by atoms with E-state index in [0.29, 0.717) is 29.0 Å². The summed E-state index contributed by atoms with van der Waals surface area (Å²) in [5.74, 6) is 0.700. The molecule has 0 radical (unpaired) electrons. The number of anilines is 4. The maximum absolute atomic E-state index is 11.7. The quantitative estimate of drug-likeness (QED) is 0.542. The van der Waals surface area contributed by atoms with Crippen LogP contribution in [0, 0.1) is 13.8 Å². The van der Waals surface area contributed by atoms with Crippen molar-refractivity contribution in [3.63, 3.8) is 0 Å². The molecule has 3 rings (SSSR count). The van der Waals surface area contributed by atoms with Gasteiger partial charge in [-0.3, -0.25) is 0 Å². The molecule has 0 fully saturated rings. The van der Waals surface area contributed by atoms with E-state index < -0.39 is 0 Å². The molecule has 0 atom stereocenters. The molecule has 0 bridgehead atoms. The maximum atomic E-state index is 11.7. The van der Waals surface area contributed by atoms with Crippen LogP contribution in [0.5, 0.6) is 0 Å². The highest BCUT2D eigenvalue weighted by Gasteiger charge is 2.09. The van der Waals surface area contributed by atoms with E-state index in [1.165, 1.54) is 0 Å². The molecule has 0 saturated carbocycles. The van der Waals surface area contributed by atoms with Gasteiger partial charge in [0.15, 0.2) is 0 Å². The summed E-state index contributed by atoms with van der Waals surface area (Å²) in [5.41, 5.74) is 4.20. The number of nitrogens with one attached hydrogen (secondary N) is 2. The van der Waals surface area contributed by atoms with Crippen LogP contribution in [0.1, 0.15) is 28.4 Å². The molecule has 144 valence electrons. The molecule has 1 heterocycles. The van der Waals surface area contributed by atoms with Crippen molar-refractivity contribution in [1.82, 2.24) is 9.97 Å². The molecule has 3 aromatic rings. The van der Waals surface area contributed by atoms with Gasteiger partial charge in [-0.15, -0.1) is 0 Å². The molecule has 0 aliphatic rings. The number of aryl methyl sites for hydroxylation is 2. The molecular formula is C21H21ClN4O2. The average Bonchev–Trinajstić information content (AvgIpc) is 2.66. The van der Waals surface area contributed by atoms with Gasteiger partial charge in [0.2, 0.25) is 5.95 Å². The van der Waals surface area contributed by atoms with Crippen molar-refractivity contribution in [2.24, 2.45) is 0 Å². The predicted octanol–water partition coefficient (Wildman–Crippen LogP) is 5.41. The third-order valence-corrected chi connectivity index (χ3v) is 4.29. The van der Waals surface area contributed by atoms with E-state index in [0.717, 1.165) is 22.5 Å². The molecule has 0 aliphatic carbocycles. The van der Waals surface area contributed by atoms with Crippen LogP contribution in [0.15, 0.2) is 48.7 Å². The van der Waals surface area contributed by atoms with Gasteiger partial charge in [0, 0.05) is 11.9 Å². The molecule has 6 nitrogen and oxygen atoms in total. The summed E-state index contributed by atoms with van der Waals surface area (Å²) in [5, 5.41) is 7.01. The van der Waals surface area contributed by atoms with E-state index in [-0.39, 0.29) is 5.97 Å². The average molecular weight is 397 g/mol. The van der Waals surface area contributed by atoms with Crippen LogP contribution in [0.25, 0.3) is 0 Å². The Kier molecular flexibility index (Phi) is 6.11. The molecule has 28 heavy (non-hydrogen) atoms. The highest BCUT2D eigenvalue weighted by molar-refractivity contribution is 6.33. The second kappa shape index (κ2) is 8.71. The standard InChI is InChI=1S/C21H21ClN4O2/c1-4-28-20(27)15-5-7-16(8-6-15)24-21-23-10-9-18(26-21)25-19-14(3)11-13(2)12-17(19)22/h5-12H,4H2,1-3H3,(H2,23,24,25,26). The maximum Gasteiger partial charge on any atom is 0.338 e. The first-order valence-electron chi connectivity index (χ1n) is 8.87. The van der Waals surface area contributed by atoms with Crippen LogP contribution < -0.4 is 10.6 Å². The second-order valence-corrected chi connectivity index (χ2v) is 6.66. The van der Waals surface area contributed by atoms with Gasteiger partial charge in [-0.05, 0) is 68.3 Å². The number of hydrogen-bond donors (Lipinski definition) is 2. The van der Waals surface area contributed by atoms with Crippen molar-refractivity contribution < 1.29 is 9.53 Å². The third-order valence-electron chi connectivity index (χ3n) is 3.99. The molecule has 0 saturated heterocycles. The molecule has 0 aliphatic heterocycles. The number of nitrogens with zero attached hydrogens (tertiary/aromatic N) is 2. The number of rotatable bonds is 6. The van der Waals surface area contributed by atoms with Gasteiger partial charge in [-0.25, -0.2) is 9.78 Å². The Hall–Kier alpha value is -3.12. The molecule has 7 heteroatoms. The lowest BCUT2D eigenvalue weighted by Crippen LogP contribution is -2.05. The van der Waals surface area contributed by atoms with Crippen LogP contribution in [0.3, 0.4) is 0 Å². The fraction of sp³-hybridized carbons (Fsp3) is 0.190. The van der Waals surface area contributed by atoms with Crippen molar-refractivity contribution in [1.29, 1.82) is 0 Å². The third kappa shape index (κ3) is 4.78. The zero-order valence-electron chi connectivity index (χ0n) is 15.9. The van der Waals surface area contributed by atoms with Gasteiger partial charge in [-0.2, -0.15) is 4.98 Å². The largest absolute Gasteiger partial charge is 0.462 e.